The molecule has 35 heavy (non-hydrogen) atoms. The van der Waals surface area contributed by atoms with Gasteiger partial charge in [-0.1, -0.05) is 41.0 Å². The van der Waals surface area contributed by atoms with Gasteiger partial charge in [0.1, 0.15) is 11.3 Å². The third kappa shape index (κ3) is 4.96. The Balaban J connectivity index is 1.77. The third-order valence-corrected chi connectivity index (χ3v) is 7.40. The van der Waals surface area contributed by atoms with Gasteiger partial charge in [0.2, 0.25) is 0 Å². The summed E-state index contributed by atoms with van der Waals surface area (Å²) in [5.74, 6) is 0.204. The fraction of sp³-hybridized carbons (Fsp3) is 0.217. The summed E-state index contributed by atoms with van der Waals surface area (Å²) in [6.07, 6.45) is -4.84. The van der Waals surface area contributed by atoms with Crippen LogP contribution in [-0.4, -0.2) is 30.0 Å². The number of aromatic nitrogens is 1. The molecule has 0 fully saturated rings. The summed E-state index contributed by atoms with van der Waals surface area (Å²) in [5, 5.41) is 0.338. The first-order valence-electron chi connectivity index (χ1n) is 10.0. The maximum atomic E-state index is 13.5. The van der Waals surface area contributed by atoms with E-state index in [-0.39, 0.29) is 32.9 Å². The molecule has 2 aromatic carbocycles. The molecule has 1 amide bonds. The second kappa shape index (κ2) is 9.67. The number of nitrogens with one attached hydrogen (secondary N) is 1. The topological polar surface area (TPSA) is 71.6 Å². The largest absolute Gasteiger partial charge is 0.493 e. The monoisotopic (exact) mass is 544 g/mol. The number of hydrogen-bond acceptors (Lipinski definition) is 5. The second-order valence-corrected chi connectivity index (χ2v) is 9.41. The number of aromatic amines is 1. The summed E-state index contributed by atoms with van der Waals surface area (Å²) in [6, 6.07) is 8.74. The summed E-state index contributed by atoms with van der Waals surface area (Å²) >= 11 is 13.1. The minimum absolute atomic E-state index is 0.131. The number of carbonyl (C=O) groups excluding carboxylic acids is 1. The molecule has 0 saturated carbocycles. The van der Waals surface area contributed by atoms with E-state index in [0.717, 1.165) is 22.9 Å². The number of hydrogen-bond donors (Lipinski definition) is 1. The lowest BCUT2D eigenvalue weighted by Crippen LogP contribution is -2.32. The standard InChI is InChI=1S/C23H17Cl2F3N2O4S/c1-33-15-6-11-9-30(10-12(11)7-16(15)34-2)22(32)19-17(8-18(23(26,27)28)29-21(19)31)35-20-13(24)4-3-5-14(20)25/h3-8H,9-10H2,1-2H3,(H,29,31). The Hall–Kier alpha value is -2.82. The summed E-state index contributed by atoms with van der Waals surface area (Å²) in [7, 11) is 2.96. The molecule has 184 valence electrons. The fourth-order valence-electron chi connectivity index (χ4n) is 3.69. The number of nitrogens with zero attached hydrogens (tertiary/aromatic N) is 1. The van der Waals surface area contributed by atoms with Gasteiger partial charge in [-0.3, -0.25) is 9.59 Å². The lowest BCUT2D eigenvalue weighted by Gasteiger charge is -2.18. The molecule has 0 radical (unpaired) electrons. The smallest absolute Gasteiger partial charge is 0.431 e. The average molecular weight is 545 g/mol. The predicted molar refractivity (Wildman–Crippen MR) is 126 cm³/mol. The van der Waals surface area contributed by atoms with Gasteiger partial charge < -0.3 is 19.4 Å². The number of fused-ring (bicyclic) bond motifs is 1. The molecule has 0 unspecified atom stereocenters. The van der Waals surface area contributed by atoms with Gasteiger partial charge in [0.25, 0.3) is 11.5 Å². The van der Waals surface area contributed by atoms with E-state index >= 15 is 0 Å². The second-order valence-electron chi connectivity index (χ2n) is 7.54. The Morgan fingerprint density at radius 3 is 2.06 bits per heavy atom. The van der Waals surface area contributed by atoms with Crippen LogP contribution >= 0.6 is 35.0 Å². The molecule has 3 aromatic rings. The molecule has 0 saturated heterocycles. The van der Waals surface area contributed by atoms with E-state index in [1.165, 1.54) is 31.3 Å². The predicted octanol–water partition coefficient (Wildman–Crippen LogP) is 6.02. The molecule has 6 nitrogen and oxygen atoms in total. The zero-order chi connectivity index (χ0) is 25.5. The zero-order valence-electron chi connectivity index (χ0n) is 18.3. The molecule has 1 aliphatic heterocycles. The van der Waals surface area contributed by atoms with Crippen LogP contribution in [0, 0.1) is 0 Å². The lowest BCUT2D eigenvalue weighted by molar-refractivity contribution is -0.141. The number of ether oxygens (including phenoxy) is 2. The summed E-state index contributed by atoms with van der Waals surface area (Å²) < 4.78 is 50.9. The number of rotatable bonds is 5. The van der Waals surface area contributed by atoms with E-state index in [1.54, 1.807) is 23.2 Å². The van der Waals surface area contributed by atoms with Crippen LogP contribution in [0.2, 0.25) is 10.0 Å². The molecule has 1 aromatic heterocycles. The average Bonchev–Trinajstić information content (AvgIpc) is 3.22. The number of H-pyrrole nitrogens is 1. The fourth-order valence-corrected chi connectivity index (χ4v) is 5.33. The van der Waals surface area contributed by atoms with E-state index in [1.807, 2.05) is 0 Å². The first-order chi connectivity index (χ1) is 16.5. The number of carbonyl (C=O) groups is 1. The van der Waals surface area contributed by atoms with Gasteiger partial charge in [0.05, 0.1) is 24.3 Å². The van der Waals surface area contributed by atoms with Crippen molar-refractivity contribution in [2.24, 2.45) is 0 Å². The Bertz CT molecular complexity index is 1320. The van der Waals surface area contributed by atoms with Gasteiger partial charge in [-0.05, 0) is 41.5 Å². The minimum Gasteiger partial charge on any atom is -0.493 e. The van der Waals surface area contributed by atoms with Crippen LogP contribution in [0.4, 0.5) is 13.2 Å². The molecule has 1 aliphatic rings. The first kappa shape index (κ1) is 25.3. The van der Waals surface area contributed by atoms with E-state index in [0.29, 0.717) is 17.6 Å². The number of benzene rings is 2. The maximum Gasteiger partial charge on any atom is 0.431 e. The molecule has 0 atom stereocenters. The van der Waals surface area contributed by atoms with E-state index in [9.17, 15) is 22.8 Å². The van der Waals surface area contributed by atoms with Crippen LogP contribution in [0.5, 0.6) is 11.5 Å². The van der Waals surface area contributed by atoms with Gasteiger partial charge >= 0.3 is 6.18 Å². The maximum absolute atomic E-state index is 13.5. The SMILES string of the molecule is COc1cc2c(cc1OC)CN(C(=O)c1c(Sc3c(Cl)cccc3Cl)cc(C(F)(F)F)[nH]c1=O)C2. The minimum atomic E-state index is -4.84. The van der Waals surface area contributed by atoms with Crippen LogP contribution in [0.3, 0.4) is 0 Å². The van der Waals surface area contributed by atoms with Crippen molar-refractivity contribution in [1.82, 2.24) is 9.88 Å². The zero-order valence-corrected chi connectivity index (χ0v) is 20.6. The highest BCUT2D eigenvalue weighted by molar-refractivity contribution is 7.99. The molecular weight excluding hydrogens is 528 g/mol. The number of methoxy groups -OCH3 is 2. The van der Waals surface area contributed by atoms with Gasteiger partial charge in [-0.25, -0.2) is 0 Å². The van der Waals surface area contributed by atoms with Crippen molar-refractivity contribution in [3.8, 4) is 11.5 Å². The summed E-state index contributed by atoms with van der Waals surface area (Å²) in [4.78, 5) is 29.4. The Kier molecular flexibility index (Phi) is 6.99. The molecule has 0 aliphatic carbocycles. The molecule has 2 heterocycles. The van der Waals surface area contributed by atoms with Crippen molar-refractivity contribution < 1.29 is 27.4 Å². The Morgan fingerprint density at radius 2 is 1.57 bits per heavy atom. The van der Waals surface area contributed by atoms with E-state index in [2.05, 4.69) is 0 Å². The van der Waals surface area contributed by atoms with Gasteiger partial charge in [-0.2, -0.15) is 13.2 Å². The molecule has 12 heteroatoms. The summed E-state index contributed by atoms with van der Waals surface area (Å²) in [6.45, 7) is 0.262. The van der Waals surface area contributed by atoms with Crippen molar-refractivity contribution >= 4 is 40.9 Å². The van der Waals surface area contributed by atoms with Crippen molar-refractivity contribution in [2.45, 2.75) is 29.1 Å². The van der Waals surface area contributed by atoms with Crippen molar-refractivity contribution in [2.75, 3.05) is 14.2 Å². The number of pyridine rings is 1. The van der Waals surface area contributed by atoms with Gasteiger partial charge in [0, 0.05) is 22.9 Å². The molecule has 1 N–H and O–H groups in total. The normalized spacial score (nSPS) is 13.1. The van der Waals surface area contributed by atoms with Crippen LogP contribution in [0.25, 0.3) is 0 Å². The van der Waals surface area contributed by atoms with Gasteiger partial charge in [0.15, 0.2) is 11.5 Å². The van der Waals surface area contributed by atoms with E-state index < -0.39 is 28.9 Å². The van der Waals surface area contributed by atoms with Crippen LogP contribution in [0.1, 0.15) is 27.2 Å². The lowest BCUT2D eigenvalue weighted by atomic mass is 10.1. The van der Waals surface area contributed by atoms with Crippen molar-refractivity contribution in [3.63, 3.8) is 0 Å². The van der Waals surface area contributed by atoms with Crippen LogP contribution in [-0.2, 0) is 19.3 Å². The number of amides is 1. The van der Waals surface area contributed by atoms with Crippen molar-refractivity contribution in [1.29, 1.82) is 0 Å². The van der Waals surface area contributed by atoms with Gasteiger partial charge in [-0.15, -0.1) is 0 Å². The highest BCUT2D eigenvalue weighted by Crippen LogP contribution is 2.42. The Morgan fingerprint density at radius 1 is 1.03 bits per heavy atom. The highest BCUT2D eigenvalue weighted by Gasteiger charge is 2.36. The molecular formula is C23H17Cl2F3N2O4S. The van der Waals surface area contributed by atoms with Crippen LogP contribution < -0.4 is 15.0 Å². The third-order valence-electron chi connectivity index (χ3n) is 5.36. The van der Waals surface area contributed by atoms with Crippen LogP contribution in [0.15, 0.2) is 51.0 Å². The number of alkyl halides is 3. The van der Waals surface area contributed by atoms with Crippen molar-refractivity contribution in [3.05, 3.63) is 79.2 Å². The molecule has 0 bridgehead atoms. The van der Waals surface area contributed by atoms with E-state index in [4.69, 9.17) is 32.7 Å². The quantitative estimate of drug-likeness (QED) is 0.425. The Labute approximate surface area is 211 Å². The highest BCUT2D eigenvalue weighted by atomic mass is 35.5. The number of halogens is 5. The molecule has 4 rings (SSSR count). The summed E-state index contributed by atoms with van der Waals surface area (Å²) in [5.41, 5.74) is -1.36. The molecule has 0 spiro atoms. The first-order valence-corrected chi connectivity index (χ1v) is 11.6.